The van der Waals surface area contributed by atoms with Gasteiger partial charge in [0, 0.05) is 12.2 Å². The number of benzene rings is 2. The summed E-state index contributed by atoms with van der Waals surface area (Å²) in [5, 5.41) is 3.30. The van der Waals surface area contributed by atoms with Crippen LogP contribution >= 0.6 is 0 Å². The quantitative estimate of drug-likeness (QED) is 0.571. The molecular weight excluding hydrogens is 378 g/mol. The van der Waals surface area contributed by atoms with Crippen LogP contribution in [0.3, 0.4) is 0 Å². The molecule has 0 aliphatic rings. The van der Waals surface area contributed by atoms with Crippen molar-refractivity contribution in [3.8, 4) is 0 Å². The van der Waals surface area contributed by atoms with Gasteiger partial charge in [-0.15, -0.1) is 0 Å². The molecule has 0 saturated carbocycles. The third kappa shape index (κ3) is 4.70. The first-order valence-electron chi connectivity index (χ1n) is 10.5. The molecule has 0 unspecified atom stereocenters. The minimum atomic E-state index is -0.444. The lowest BCUT2D eigenvalue weighted by atomic mass is 10.0. The smallest absolute Gasteiger partial charge is 0.325 e. The summed E-state index contributed by atoms with van der Waals surface area (Å²) in [7, 11) is 0. The molecule has 0 bridgehead atoms. The van der Waals surface area contributed by atoms with Gasteiger partial charge >= 0.3 is 5.69 Å². The van der Waals surface area contributed by atoms with Crippen LogP contribution in [0.2, 0.25) is 0 Å². The molecule has 1 amide bonds. The van der Waals surface area contributed by atoms with E-state index in [0.29, 0.717) is 29.1 Å². The topological polar surface area (TPSA) is 73.1 Å². The molecule has 30 heavy (non-hydrogen) atoms. The van der Waals surface area contributed by atoms with Crippen molar-refractivity contribution in [1.29, 1.82) is 0 Å². The fourth-order valence-electron chi connectivity index (χ4n) is 3.54. The molecule has 0 spiro atoms. The molecule has 0 aliphatic carbocycles. The second-order valence-electron chi connectivity index (χ2n) is 7.87. The number of hydrogen-bond donors (Lipinski definition) is 1. The average Bonchev–Trinajstić information content (AvgIpc) is 2.74. The summed E-state index contributed by atoms with van der Waals surface area (Å²) < 4.78 is 2.64. The zero-order chi connectivity index (χ0) is 21.7. The van der Waals surface area contributed by atoms with Gasteiger partial charge in [-0.05, 0) is 42.2 Å². The highest BCUT2D eigenvalue weighted by atomic mass is 16.2. The van der Waals surface area contributed by atoms with Crippen LogP contribution < -0.4 is 16.6 Å². The average molecular weight is 408 g/mol. The molecule has 1 aromatic heterocycles. The molecule has 0 fully saturated rings. The highest BCUT2D eigenvalue weighted by Gasteiger charge is 2.15. The second-order valence-corrected chi connectivity index (χ2v) is 7.87. The van der Waals surface area contributed by atoms with Crippen LogP contribution in [0.15, 0.2) is 58.1 Å². The van der Waals surface area contributed by atoms with Crippen LogP contribution in [-0.4, -0.2) is 15.0 Å². The molecule has 2 aromatic carbocycles. The monoisotopic (exact) mass is 407 g/mol. The molecule has 0 aliphatic heterocycles. The summed E-state index contributed by atoms with van der Waals surface area (Å²) in [5.41, 5.74) is 1.60. The van der Waals surface area contributed by atoms with Gasteiger partial charge in [-0.1, -0.05) is 57.9 Å². The molecule has 0 atom stereocenters. The Labute approximate surface area is 176 Å². The third-order valence-electron chi connectivity index (χ3n) is 5.28. The zero-order valence-corrected chi connectivity index (χ0v) is 17.9. The van der Waals surface area contributed by atoms with Gasteiger partial charge in [-0.2, -0.15) is 0 Å². The lowest BCUT2D eigenvalue weighted by Gasteiger charge is -2.14. The summed E-state index contributed by atoms with van der Waals surface area (Å²) in [6.45, 7) is 6.49. The Morgan fingerprint density at radius 3 is 2.33 bits per heavy atom. The van der Waals surface area contributed by atoms with Crippen molar-refractivity contribution >= 4 is 22.5 Å². The lowest BCUT2D eigenvalue weighted by Crippen LogP contribution is -2.41. The zero-order valence-electron chi connectivity index (χ0n) is 17.9. The second kappa shape index (κ2) is 9.57. The van der Waals surface area contributed by atoms with Crippen molar-refractivity contribution in [2.75, 3.05) is 5.32 Å². The molecule has 158 valence electrons. The van der Waals surface area contributed by atoms with Gasteiger partial charge in [0.1, 0.15) is 6.54 Å². The van der Waals surface area contributed by atoms with Crippen molar-refractivity contribution < 1.29 is 4.79 Å². The van der Waals surface area contributed by atoms with Gasteiger partial charge < -0.3 is 5.32 Å². The predicted octanol–water partition coefficient (Wildman–Crippen LogP) is 4.12. The third-order valence-corrected chi connectivity index (χ3v) is 5.28. The van der Waals surface area contributed by atoms with E-state index in [1.807, 2.05) is 24.3 Å². The molecule has 6 nitrogen and oxygen atoms in total. The number of para-hydroxylation sites is 1. The first-order valence-corrected chi connectivity index (χ1v) is 10.5. The van der Waals surface area contributed by atoms with Gasteiger partial charge in [0.2, 0.25) is 5.91 Å². The SMILES string of the molecule is CCCCCn1c(=O)c2ccccc2n(CC(=O)Nc2ccc(C(C)C)cc2)c1=O. The van der Waals surface area contributed by atoms with Crippen molar-refractivity contribution in [3.63, 3.8) is 0 Å². The van der Waals surface area contributed by atoms with Gasteiger partial charge in [0.25, 0.3) is 5.56 Å². The summed E-state index contributed by atoms with van der Waals surface area (Å²) >= 11 is 0. The fourth-order valence-corrected chi connectivity index (χ4v) is 3.54. The Balaban J connectivity index is 1.91. The van der Waals surface area contributed by atoms with Crippen LogP contribution in [0.4, 0.5) is 5.69 Å². The minimum absolute atomic E-state index is 0.153. The van der Waals surface area contributed by atoms with E-state index >= 15 is 0 Å². The van der Waals surface area contributed by atoms with E-state index < -0.39 is 5.69 Å². The van der Waals surface area contributed by atoms with Crippen LogP contribution in [0, 0.1) is 0 Å². The molecule has 0 radical (unpaired) electrons. The Bertz CT molecular complexity index is 1140. The van der Waals surface area contributed by atoms with Gasteiger partial charge in [0.05, 0.1) is 10.9 Å². The van der Waals surface area contributed by atoms with Crippen LogP contribution in [0.1, 0.15) is 51.5 Å². The first-order chi connectivity index (χ1) is 14.4. The summed E-state index contributed by atoms with van der Waals surface area (Å²) in [6, 6.07) is 14.6. The Hall–Kier alpha value is -3.15. The highest BCUT2D eigenvalue weighted by Crippen LogP contribution is 2.17. The predicted molar refractivity (Wildman–Crippen MR) is 121 cm³/mol. The first kappa shape index (κ1) is 21.6. The Morgan fingerprint density at radius 1 is 0.967 bits per heavy atom. The maximum atomic E-state index is 13.1. The van der Waals surface area contributed by atoms with Crippen LogP contribution in [0.5, 0.6) is 0 Å². The number of fused-ring (bicyclic) bond motifs is 1. The molecule has 3 rings (SSSR count). The van der Waals surface area contributed by atoms with Crippen molar-refractivity contribution in [2.45, 2.75) is 59.0 Å². The number of carbonyl (C=O) groups excluding carboxylic acids is 1. The largest absolute Gasteiger partial charge is 0.331 e. The maximum absolute atomic E-state index is 13.1. The number of amides is 1. The van der Waals surface area contributed by atoms with Crippen molar-refractivity contribution in [2.24, 2.45) is 0 Å². The standard InChI is InChI=1S/C24H29N3O3/c1-4-5-8-15-26-23(29)20-9-6-7-10-21(20)27(24(26)30)16-22(28)25-19-13-11-18(12-14-19)17(2)3/h6-7,9-14,17H,4-5,8,15-16H2,1-3H3,(H,25,28). The summed E-state index contributed by atoms with van der Waals surface area (Å²) in [5.74, 6) is 0.103. The van der Waals surface area contributed by atoms with Gasteiger partial charge in [-0.25, -0.2) is 4.79 Å². The summed E-state index contributed by atoms with van der Waals surface area (Å²) in [4.78, 5) is 38.6. The molecule has 3 aromatic rings. The normalized spacial score (nSPS) is 11.2. The number of aromatic nitrogens is 2. The van der Waals surface area contributed by atoms with Gasteiger partial charge in [-0.3, -0.25) is 18.7 Å². The molecule has 1 N–H and O–H groups in total. The number of nitrogens with one attached hydrogen (secondary N) is 1. The van der Waals surface area contributed by atoms with E-state index in [0.717, 1.165) is 19.3 Å². The number of anilines is 1. The molecule has 1 heterocycles. The van der Waals surface area contributed by atoms with Crippen LogP contribution in [0.25, 0.3) is 10.9 Å². The van der Waals surface area contributed by atoms with E-state index in [1.54, 1.807) is 24.3 Å². The number of carbonyl (C=O) groups is 1. The van der Waals surface area contributed by atoms with E-state index in [9.17, 15) is 14.4 Å². The Morgan fingerprint density at radius 2 is 1.67 bits per heavy atom. The number of hydrogen-bond acceptors (Lipinski definition) is 3. The van der Waals surface area contributed by atoms with E-state index in [4.69, 9.17) is 0 Å². The highest BCUT2D eigenvalue weighted by molar-refractivity contribution is 5.91. The van der Waals surface area contributed by atoms with Crippen molar-refractivity contribution in [3.05, 3.63) is 74.9 Å². The number of unbranched alkanes of at least 4 members (excludes halogenated alkanes) is 2. The molecular formula is C24H29N3O3. The molecule has 0 saturated heterocycles. The van der Waals surface area contributed by atoms with E-state index in [2.05, 4.69) is 26.1 Å². The molecule has 6 heteroatoms. The fraction of sp³-hybridized carbons (Fsp3) is 0.375. The minimum Gasteiger partial charge on any atom is -0.325 e. The van der Waals surface area contributed by atoms with Gasteiger partial charge in [0.15, 0.2) is 0 Å². The Kier molecular flexibility index (Phi) is 6.87. The lowest BCUT2D eigenvalue weighted by molar-refractivity contribution is -0.116. The summed E-state index contributed by atoms with van der Waals surface area (Å²) in [6.07, 6.45) is 2.68. The van der Waals surface area contributed by atoms with Crippen molar-refractivity contribution in [1.82, 2.24) is 9.13 Å². The number of rotatable bonds is 8. The van der Waals surface area contributed by atoms with E-state index in [1.165, 1.54) is 14.7 Å². The van der Waals surface area contributed by atoms with E-state index in [-0.39, 0.29) is 18.0 Å². The maximum Gasteiger partial charge on any atom is 0.331 e. The van der Waals surface area contributed by atoms with Crippen LogP contribution in [-0.2, 0) is 17.9 Å². The number of nitrogens with zero attached hydrogens (tertiary/aromatic N) is 2.